The van der Waals surface area contributed by atoms with Crippen LogP contribution in [0.1, 0.15) is 46.0 Å². The molecule has 1 atom stereocenters. The fourth-order valence-electron chi connectivity index (χ4n) is 2.59. The van der Waals surface area contributed by atoms with Crippen LogP contribution in [0.5, 0.6) is 0 Å². The van der Waals surface area contributed by atoms with Gasteiger partial charge in [-0.05, 0) is 45.4 Å². The summed E-state index contributed by atoms with van der Waals surface area (Å²) in [6.07, 6.45) is -1.40. The van der Waals surface area contributed by atoms with Crippen LogP contribution in [0.4, 0.5) is 18.9 Å². The first-order valence-electron chi connectivity index (χ1n) is 8.60. The van der Waals surface area contributed by atoms with Gasteiger partial charge in [-0.3, -0.25) is 4.79 Å². The van der Waals surface area contributed by atoms with Gasteiger partial charge >= 0.3 is 11.9 Å². The van der Waals surface area contributed by atoms with E-state index in [0.717, 1.165) is 6.07 Å². The van der Waals surface area contributed by atoms with Crippen LogP contribution in [-0.2, 0) is 14.3 Å². The van der Waals surface area contributed by atoms with Crippen molar-refractivity contribution >= 4 is 23.5 Å². The van der Waals surface area contributed by atoms with Gasteiger partial charge < -0.3 is 19.8 Å². The van der Waals surface area contributed by atoms with Gasteiger partial charge in [0.25, 0.3) is 5.91 Å². The molecule has 1 amide bonds. The van der Waals surface area contributed by atoms with Gasteiger partial charge in [-0.1, -0.05) is 0 Å². The minimum Gasteiger partial charge on any atom is -0.462 e. The van der Waals surface area contributed by atoms with Gasteiger partial charge in [0.15, 0.2) is 23.6 Å². The summed E-state index contributed by atoms with van der Waals surface area (Å²) >= 11 is 0. The van der Waals surface area contributed by atoms with Crippen molar-refractivity contribution in [2.45, 2.75) is 33.8 Å². The number of ether oxygens (including phenoxy) is 2. The fraction of sp³-hybridized carbons (Fsp3) is 0.316. The highest BCUT2D eigenvalue weighted by Gasteiger charge is 2.27. The molecule has 0 fully saturated rings. The number of aryl methyl sites for hydroxylation is 1. The molecular formula is C19H19F3N2O5. The monoisotopic (exact) mass is 412 g/mol. The number of aromatic nitrogens is 1. The van der Waals surface area contributed by atoms with Crippen LogP contribution in [0.3, 0.4) is 0 Å². The van der Waals surface area contributed by atoms with Crippen LogP contribution >= 0.6 is 0 Å². The smallest absolute Gasteiger partial charge is 0.355 e. The number of esters is 2. The molecule has 10 heteroatoms. The van der Waals surface area contributed by atoms with Gasteiger partial charge in [-0.25, -0.2) is 22.8 Å². The summed E-state index contributed by atoms with van der Waals surface area (Å²) < 4.78 is 49.8. The summed E-state index contributed by atoms with van der Waals surface area (Å²) in [5, 5.41) is 2.02. The van der Waals surface area contributed by atoms with Crippen LogP contribution in [0.25, 0.3) is 0 Å². The lowest BCUT2D eigenvalue weighted by Gasteiger charge is -2.14. The summed E-state index contributed by atoms with van der Waals surface area (Å²) in [6, 6.07) is 1.48. The third-order valence-corrected chi connectivity index (χ3v) is 4.07. The predicted molar refractivity (Wildman–Crippen MR) is 96.0 cm³/mol. The molecule has 156 valence electrons. The third kappa shape index (κ3) is 4.58. The SMILES string of the molecule is CCOC(=O)c1c(C)[nH]c(C(=O)OC(C)C(=O)Nc2ccc(F)c(F)c2F)c1C. The molecule has 1 unspecified atom stereocenters. The molecule has 29 heavy (non-hydrogen) atoms. The quantitative estimate of drug-likeness (QED) is 0.560. The molecule has 0 saturated carbocycles. The molecule has 0 spiro atoms. The van der Waals surface area contributed by atoms with Crippen LogP contribution in [0.2, 0.25) is 0 Å². The number of hydrogen-bond acceptors (Lipinski definition) is 5. The molecule has 0 saturated heterocycles. The first-order chi connectivity index (χ1) is 13.6. The van der Waals surface area contributed by atoms with Gasteiger partial charge in [-0.15, -0.1) is 0 Å². The van der Waals surface area contributed by atoms with Gasteiger partial charge in [0.1, 0.15) is 5.69 Å². The Balaban J connectivity index is 2.13. The zero-order valence-corrected chi connectivity index (χ0v) is 16.1. The van der Waals surface area contributed by atoms with E-state index in [0.29, 0.717) is 11.8 Å². The van der Waals surface area contributed by atoms with Crippen molar-refractivity contribution in [1.29, 1.82) is 0 Å². The maximum atomic E-state index is 13.7. The van der Waals surface area contributed by atoms with E-state index in [1.807, 2.05) is 5.32 Å². The van der Waals surface area contributed by atoms with Crippen molar-refractivity contribution in [3.8, 4) is 0 Å². The first-order valence-corrected chi connectivity index (χ1v) is 8.60. The zero-order valence-electron chi connectivity index (χ0n) is 16.1. The Morgan fingerprint density at radius 1 is 1.10 bits per heavy atom. The molecule has 1 heterocycles. The number of benzene rings is 1. The van der Waals surface area contributed by atoms with Crippen molar-refractivity contribution in [1.82, 2.24) is 4.98 Å². The molecule has 0 radical (unpaired) electrons. The second-order valence-corrected chi connectivity index (χ2v) is 6.11. The normalized spacial score (nSPS) is 11.7. The van der Waals surface area contributed by atoms with Crippen LogP contribution in [0.15, 0.2) is 12.1 Å². The Kier molecular flexibility index (Phi) is 6.68. The number of H-pyrrole nitrogens is 1. The molecule has 2 rings (SSSR count). The number of halogens is 3. The Morgan fingerprint density at radius 2 is 1.76 bits per heavy atom. The minimum atomic E-state index is -1.74. The molecule has 7 nitrogen and oxygen atoms in total. The number of carbonyl (C=O) groups excluding carboxylic acids is 3. The van der Waals surface area contributed by atoms with Gasteiger partial charge in [0.2, 0.25) is 0 Å². The molecule has 0 aliphatic heterocycles. The highest BCUT2D eigenvalue weighted by molar-refractivity contribution is 6.00. The van der Waals surface area contributed by atoms with E-state index in [9.17, 15) is 27.6 Å². The summed E-state index contributed by atoms with van der Waals surface area (Å²) in [6.45, 7) is 6.08. The maximum Gasteiger partial charge on any atom is 0.355 e. The predicted octanol–water partition coefficient (Wildman–Crippen LogP) is 3.41. The van der Waals surface area contributed by atoms with Crippen molar-refractivity contribution < 1.29 is 37.0 Å². The second kappa shape index (κ2) is 8.80. The average Bonchev–Trinajstić information content (AvgIpc) is 2.96. The van der Waals surface area contributed by atoms with Crippen molar-refractivity contribution in [3.05, 3.63) is 52.1 Å². The molecule has 1 aromatic carbocycles. The van der Waals surface area contributed by atoms with E-state index < -0.39 is 47.1 Å². The van der Waals surface area contributed by atoms with Gasteiger partial charge in [-0.2, -0.15) is 0 Å². The summed E-state index contributed by atoms with van der Waals surface area (Å²) in [4.78, 5) is 39.2. The van der Waals surface area contributed by atoms with Crippen molar-refractivity contribution in [3.63, 3.8) is 0 Å². The minimum absolute atomic E-state index is 0.0517. The average molecular weight is 412 g/mol. The van der Waals surface area contributed by atoms with Crippen molar-refractivity contribution in [2.24, 2.45) is 0 Å². The third-order valence-electron chi connectivity index (χ3n) is 4.07. The summed E-state index contributed by atoms with van der Waals surface area (Å²) in [5.41, 5.74) is 0.191. The number of rotatable bonds is 6. The molecule has 2 aromatic rings. The van der Waals surface area contributed by atoms with E-state index in [1.165, 1.54) is 13.8 Å². The number of anilines is 1. The number of aromatic amines is 1. The van der Waals surface area contributed by atoms with E-state index in [-0.39, 0.29) is 23.4 Å². The summed E-state index contributed by atoms with van der Waals surface area (Å²) in [5.74, 6) is -7.24. The number of carbonyl (C=O) groups is 3. The second-order valence-electron chi connectivity index (χ2n) is 6.11. The van der Waals surface area contributed by atoms with Crippen LogP contribution in [-0.4, -0.2) is 35.5 Å². The number of amides is 1. The summed E-state index contributed by atoms with van der Waals surface area (Å²) in [7, 11) is 0. The topological polar surface area (TPSA) is 97.5 Å². The van der Waals surface area contributed by atoms with Crippen molar-refractivity contribution in [2.75, 3.05) is 11.9 Å². The number of nitrogens with one attached hydrogen (secondary N) is 2. The molecular weight excluding hydrogens is 393 g/mol. The molecule has 0 aliphatic rings. The zero-order chi connectivity index (χ0) is 21.9. The van der Waals surface area contributed by atoms with E-state index in [1.54, 1.807) is 13.8 Å². The van der Waals surface area contributed by atoms with Gasteiger partial charge in [0.05, 0.1) is 17.9 Å². The number of hydrogen-bond donors (Lipinski definition) is 2. The highest BCUT2D eigenvalue weighted by Crippen LogP contribution is 2.22. The van der Waals surface area contributed by atoms with Gasteiger partial charge in [0, 0.05) is 5.69 Å². The molecule has 0 bridgehead atoms. The highest BCUT2D eigenvalue weighted by atomic mass is 19.2. The first kappa shape index (κ1) is 22.0. The molecule has 0 aliphatic carbocycles. The lowest BCUT2D eigenvalue weighted by atomic mass is 10.1. The van der Waals surface area contributed by atoms with E-state index in [2.05, 4.69) is 4.98 Å². The Hall–Kier alpha value is -3.30. The molecule has 1 aromatic heterocycles. The maximum absolute atomic E-state index is 13.7. The standard InChI is InChI=1S/C19H19F3N2O5/c1-5-28-18(26)13-8(2)16(23-9(13)3)19(27)29-10(4)17(25)24-12-7-6-11(20)14(21)15(12)22/h6-7,10,23H,5H2,1-4H3,(H,24,25). The lowest BCUT2D eigenvalue weighted by molar-refractivity contribution is -0.123. The van der Waals surface area contributed by atoms with E-state index >= 15 is 0 Å². The lowest BCUT2D eigenvalue weighted by Crippen LogP contribution is -2.30. The van der Waals surface area contributed by atoms with Crippen LogP contribution < -0.4 is 5.32 Å². The molecule has 2 N–H and O–H groups in total. The Bertz CT molecular complexity index is 971. The largest absolute Gasteiger partial charge is 0.462 e. The van der Waals surface area contributed by atoms with Crippen LogP contribution in [0, 0.1) is 31.3 Å². The Morgan fingerprint density at radius 3 is 2.38 bits per heavy atom. The van der Waals surface area contributed by atoms with E-state index in [4.69, 9.17) is 9.47 Å². The Labute approximate surface area is 164 Å². The fourth-order valence-corrected chi connectivity index (χ4v) is 2.59.